The van der Waals surface area contributed by atoms with Gasteiger partial charge in [-0.3, -0.25) is 4.79 Å². The second-order valence-corrected chi connectivity index (χ2v) is 11.4. The van der Waals surface area contributed by atoms with Crippen LogP contribution in [0.15, 0.2) is 0 Å². The molecule has 0 aromatic rings. The zero-order valence-electron chi connectivity index (χ0n) is 13.8. The Kier molecular flexibility index (Phi) is 6.60. The lowest BCUT2D eigenvalue weighted by Crippen LogP contribution is -2.53. The van der Waals surface area contributed by atoms with E-state index in [0.29, 0.717) is 4.90 Å². The molecule has 3 nitrogen and oxygen atoms in total. The van der Waals surface area contributed by atoms with Gasteiger partial charge in [-0.1, -0.05) is 20.8 Å². The molecular formula is C13H24F5NO2Si. The average molecular weight is 349 g/mol. The zero-order chi connectivity index (χ0) is 18.0. The molecule has 0 N–H and O–H groups in total. The summed E-state index contributed by atoms with van der Waals surface area (Å²) in [5.41, 5.74) is 0. The van der Waals surface area contributed by atoms with Crippen molar-refractivity contribution in [3.8, 4) is 0 Å². The molecule has 0 aliphatic rings. The number of rotatable bonds is 6. The topological polar surface area (TPSA) is 29.5 Å². The first-order valence-corrected chi connectivity index (χ1v) is 9.86. The fourth-order valence-electron chi connectivity index (χ4n) is 1.35. The Balaban J connectivity index is 4.81. The Bertz CT molecular complexity index is 391. The number of hydrogen-bond acceptors (Lipinski definition) is 2. The van der Waals surface area contributed by atoms with E-state index >= 15 is 0 Å². The highest BCUT2D eigenvalue weighted by atomic mass is 28.4. The minimum Gasteiger partial charge on any atom is -0.415 e. The third-order valence-electron chi connectivity index (χ3n) is 3.92. The van der Waals surface area contributed by atoms with Crippen LogP contribution in [0.4, 0.5) is 22.0 Å². The standard InChI is InChI=1S/C13H24F5NO2Si/c1-7-19(10(20)12(14,15)13(16,17)18)8-9-21-22(5,6)11(2,3)4/h7-9H2,1-6H3. The molecule has 0 saturated heterocycles. The van der Waals surface area contributed by atoms with Crippen LogP contribution in [0.3, 0.4) is 0 Å². The van der Waals surface area contributed by atoms with Gasteiger partial charge >= 0.3 is 18.0 Å². The summed E-state index contributed by atoms with van der Waals surface area (Å²) in [6.07, 6.45) is -5.89. The second-order valence-electron chi connectivity index (χ2n) is 6.57. The first-order valence-electron chi connectivity index (χ1n) is 6.96. The molecule has 0 atom stereocenters. The number of amides is 1. The molecule has 0 spiro atoms. The number of alkyl halides is 5. The van der Waals surface area contributed by atoms with Crippen molar-refractivity contribution in [2.45, 2.75) is 57.9 Å². The number of carbonyl (C=O) groups is 1. The maximum atomic E-state index is 13.1. The van der Waals surface area contributed by atoms with E-state index < -0.39 is 26.3 Å². The minimum atomic E-state index is -5.89. The lowest BCUT2D eigenvalue weighted by molar-refractivity contribution is -0.274. The van der Waals surface area contributed by atoms with E-state index in [4.69, 9.17) is 4.43 Å². The zero-order valence-corrected chi connectivity index (χ0v) is 14.8. The third-order valence-corrected chi connectivity index (χ3v) is 8.46. The van der Waals surface area contributed by atoms with Crippen molar-refractivity contribution in [1.82, 2.24) is 4.90 Å². The fraction of sp³-hybridized carbons (Fsp3) is 0.923. The number of hydrogen-bond donors (Lipinski definition) is 0. The van der Waals surface area contributed by atoms with Crippen molar-refractivity contribution in [2.75, 3.05) is 19.7 Å². The number of carbonyl (C=O) groups excluding carboxylic acids is 1. The molecule has 0 radical (unpaired) electrons. The van der Waals surface area contributed by atoms with Gasteiger partial charge in [0, 0.05) is 13.1 Å². The maximum absolute atomic E-state index is 13.1. The van der Waals surface area contributed by atoms with Gasteiger partial charge in [0.05, 0.1) is 6.61 Å². The van der Waals surface area contributed by atoms with Gasteiger partial charge in [0.15, 0.2) is 8.32 Å². The van der Waals surface area contributed by atoms with Gasteiger partial charge in [0.25, 0.3) is 0 Å². The van der Waals surface area contributed by atoms with Crippen LogP contribution in [-0.4, -0.2) is 50.9 Å². The predicted molar refractivity (Wildman–Crippen MR) is 76.4 cm³/mol. The van der Waals surface area contributed by atoms with Gasteiger partial charge in [-0.15, -0.1) is 0 Å². The molecule has 132 valence electrons. The predicted octanol–water partition coefficient (Wildman–Crippen LogP) is 4.05. The summed E-state index contributed by atoms with van der Waals surface area (Å²) in [6.45, 7) is 10.5. The van der Waals surface area contributed by atoms with Crippen LogP contribution in [0.5, 0.6) is 0 Å². The van der Waals surface area contributed by atoms with Crippen molar-refractivity contribution in [3.63, 3.8) is 0 Å². The maximum Gasteiger partial charge on any atom is 0.463 e. The molecule has 0 unspecified atom stereocenters. The summed E-state index contributed by atoms with van der Waals surface area (Å²) in [5.74, 6) is -7.61. The van der Waals surface area contributed by atoms with Crippen LogP contribution in [-0.2, 0) is 9.22 Å². The average Bonchev–Trinajstić information content (AvgIpc) is 2.30. The molecule has 0 bridgehead atoms. The Labute approximate surface area is 128 Å². The van der Waals surface area contributed by atoms with Gasteiger partial charge in [0.2, 0.25) is 0 Å². The normalized spacial score (nSPS) is 14.1. The molecule has 0 aromatic carbocycles. The minimum absolute atomic E-state index is 0.0655. The van der Waals surface area contributed by atoms with Crippen LogP contribution in [0.1, 0.15) is 27.7 Å². The molecule has 0 aromatic heterocycles. The molecular weight excluding hydrogens is 325 g/mol. The molecule has 0 fully saturated rings. The summed E-state index contributed by atoms with van der Waals surface area (Å²) in [7, 11) is -2.15. The Morgan fingerprint density at radius 1 is 1.09 bits per heavy atom. The van der Waals surface area contributed by atoms with Gasteiger partial charge in [-0.05, 0) is 25.1 Å². The molecule has 0 aliphatic heterocycles. The van der Waals surface area contributed by atoms with E-state index in [1.54, 1.807) is 0 Å². The Morgan fingerprint density at radius 2 is 1.55 bits per heavy atom. The molecule has 22 heavy (non-hydrogen) atoms. The summed E-state index contributed by atoms with van der Waals surface area (Å²) in [4.78, 5) is 11.9. The molecule has 9 heteroatoms. The monoisotopic (exact) mass is 349 g/mol. The van der Waals surface area contributed by atoms with Crippen molar-refractivity contribution in [2.24, 2.45) is 0 Å². The number of likely N-dealkylation sites (N-methyl/N-ethyl adjacent to an activating group) is 1. The van der Waals surface area contributed by atoms with Gasteiger partial charge in [-0.25, -0.2) is 0 Å². The van der Waals surface area contributed by atoms with Crippen LogP contribution < -0.4 is 0 Å². The summed E-state index contributed by atoms with van der Waals surface area (Å²) in [6, 6.07) is 0. The van der Waals surface area contributed by atoms with Crippen molar-refractivity contribution in [3.05, 3.63) is 0 Å². The molecule has 0 heterocycles. The largest absolute Gasteiger partial charge is 0.463 e. The fourth-order valence-corrected chi connectivity index (χ4v) is 2.39. The van der Waals surface area contributed by atoms with Crippen molar-refractivity contribution >= 4 is 14.2 Å². The highest BCUT2D eigenvalue weighted by Gasteiger charge is 2.64. The van der Waals surface area contributed by atoms with Crippen LogP contribution >= 0.6 is 0 Å². The van der Waals surface area contributed by atoms with E-state index in [1.807, 2.05) is 33.9 Å². The SMILES string of the molecule is CCN(CCO[Si](C)(C)C(C)(C)C)C(=O)C(F)(F)C(F)(F)F. The smallest absolute Gasteiger partial charge is 0.415 e. The highest BCUT2D eigenvalue weighted by Crippen LogP contribution is 2.38. The Hall–Kier alpha value is -0.703. The third kappa shape index (κ3) is 4.90. The summed E-state index contributed by atoms with van der Waals surface area (Å²) in [5, 5.41) is -0.121. The summed E-state index contributed by atoms with van der Waals surface area (Å²) < 4.78 is 68.5. The van der Waals surface area contributed by atoms with Crippen molar-refractivity contribution < 1.29 is 31.2 Å². The van der Waals surface area contributed by atoms with E-state index in [-0.39, 0.29) is 24.7 Å². The van der Waals surface area contributed by atoms with Gasteiger partial charge in [-0.2, -0.15) is 22.0 Å². The summed E-state index contributed by atoms with van der Waals surface area (Å²) >= 11 is 0. The lowest BCUT2D eigenvalue weighted by atomic mass is 10.2. The molecule has 0 rings (SSSR count). The van der Waals surface area contributed by atoms with E-state index in [9.17, 15) is 26.7 Å². The van der Waals surface area contributed by atoms with Crippen LogP contribution in [0.2, 0.25) is 18.1 Å². The lowest BCUT2D eigenvalue weighted by Gasteiger charge is -2.37. The molecule has 0 aliphatic carbocycles. The van der Waals surface area contributed by atoms with E-state index in [1.165, 1.54) is 6.92 Å². The quantitative estimate of drug-likeness (QED) is 0.535. The second kappa shape index (κ2) is 6.82. The highest BCUT2D eigenvalue weighted by molar-refractivity contribution is 6.74. The van der Waals surface area contributed by atoms with Crippen LogP contribution in [0.25, 0.3) is 0 Å². The number of nitrogens with zero attached hydrogens (tertiary/aromatic N) is 1. The molecule has 0 saturated carbocycles. The van der Waals surface area contributed by atoms with Gasteiger partial charge in [0.1, 0.15) is 0 Å². The van der Waals surface area contributed by atoms with Crippen molar-refractivity contribution in [1.29, 1.82) is 0 Å². The van der Waals surface area contributed by atoms with Gasteiger partial charge < -0.3 is 9.33 Å². The molecule has 1 amide bonds. The first-order chi connectivity index (χ1) is 9.58. The number of halogens is 5. The van der Waals surface area contributed by atoms with E-state index in [0.717, 1.165) is 0 Å². The Morgan fingerprint density at radius 3 is 1.86 bits per heavy atom. The van der Waals surface area contributed by atoms with E-state index in [2.05, 4.69) is 0 Å². The van der Waals surface area contributed by atoms with Crippen LogP contribution in [0, 0.1) is 0 Å². The first kappa shape index (κ1) is 21.3.